The van der Waals surface area contributed by atoms with Gasteiger partial charge in [-0.05, 0) is 38.5 Å². The number of aromatic nitrogens is 2. The van der Waals surface area contributed by atoms with E-state index in [0.29, 0.717) is 17.8 Å². The van der Waals surface area contributed by atoms with Gasteiger partial charge >= 0.3 is 45.8 Å². The van der Waals surface area contributed by atoms with Gasteiger partial charge in [0, 0.05) is 11.4 Å². The number of carbonyl (C=O) groups is 2. The number of aryl methyl sites for hydroxylation is 2. The van der Waals surface area contributed by atoms with Crippen LogP contribution in [0.4, 0.5) is 10.7 Å². The van der Waals surface area contributed by atoms with Crippen molar-refractivity contribution in [3.05, 3.63) is 52.0 Å². The number of urea groups is 1. The zero-order valence-electron chi connectivity index (χ0n) is 16.5. The summed E-state index contributed by atoms with van der Waals surface area (Å²) in [5.74, 6) is -1.14. The summed E-state index contributed by atoms with van der Waals surface area (Å²) in [6.07, 6.45) is 0.600. The Hall–Kier alpha value is -2.21. The molecule has 0 radical (unpaired) electrons. The zero-order valence-corrected chi connectivity index (χ0v) is 19.3. The number of ether oxygens (including phenoxy) is 1. The second-order valence-electron chi connectivity index (χ2n) is 5.64. The van der Waals surface area contributed by atoms with E-state index in [1.165, 1.54) is 24.3 Å². The fraction of sp³-hybridized carbons (Fsp3) is 0.294. The molecule has 0 fully saturated rings. The second-order valence-corrected chi connectivity index (χ2v) is 6.84. The van der Waals surface area contributed by atoms with Gasteiger partial charge < -0.3 is 14.2 Å². The van der Waals surface area contributed by atoms with E-state index in [-0.39, 0.29) is 53.4 Å². The van der Waals surface area contributed by atoms with Crippen LogP contribution in [0.5, 0.6) is 5.75 Å². The monoisotopic (exact) mass is 430 g/mol. The molecule has 10 nitrogen and oxygen atoms in total. The maximum Gasteiger partial charge on any atom is 1.00 e. The average Bonchev–Trinajstić information content (AvgIpc) is 2.58. The van der Waals surface area contributed by atoms with Gasteiger partial charge in [-0.2, -0.15) is 8.42 Å². The zero-order chi connectivity index (χ0) is 20.7. The first-order chi connectivity index (χ1) is 13.2. The van der Waals surface area contributed by atoms with Crippen molar-refractivity contribution in [3.8, 4) is 5.75 Å². The molecule has 12 heteroatoms. The molecule has 0 aliphatic carbocycles. The Morgan fingerprint density at radius 1 is 1.14 bits per heavy atom. The standard InChI is InChI=1S/C17H20N4O6S.Na/c1-4-9-26-15(22)13-7-5-6-8-14(13)27-28(24,25)21-17(23)20-16-18-11(2)10-12(3)19-16;/h5-8,10H,4,9H2,1-3H3,(H2,18,19,20,21,23);/q;+1/p-1. The number of nitrogens with zero attached hydrogens (tertiary/aromatic N) is 3. The number of anilines is 1. The van der Waals surface area contributed by atoms with Crippen molar-refractivity contribution in [2.75, 3.05) is 11.9 Å². The van der Waals surface area contributed by atoms with E-state index in [9.17, 15) is 18.0 Å². The molecule has 0 bridgehead atoms. The first kappa shape index (κ1) is 24.8. The van der Waals surface area contributed by atoms with Gasteiger partial charge in [-0.3, -0.25) is 9.52 Å². The predicted octanol–water partition coefficient (Wildman–Crippen LogP) is -0.106. The SMILES string of the molecule is CCCOC(=O)c1ccccc1OS(=O)(=O)[N-]C(=O)Nc1nc(C)cc(C)n1.[Na+]. The number of amides is 2. The average molecular weight is 430 g/mol. The Kier molecular flexibility index (Phi) is 9.50. The molecule has 0 aliphatic rings. The van der Waals surface area contributed by atoms with Gasteiger partial charge in [-0.1, -0.05) is 19.1 Å². The largest absolute Gasteiger partial charge is 1.00 e. The summed E-state index contributed by atoms with van der Waals surface area (Å²) in [5.41, 5.74) is 1.07. The molecule has 1 N–H and O–H groups in total. The predicted molar refractivity (Wildman–Crippen MR) is 100 cm³/mol. The minimum Gasteiger partial charge on any atom is -0.462 e. The number of esters is 1. The van der Waals surface area contributed by atoms with Crippen LogP contribution in [0.25, 0.3) is 4.72 Å². The van der Waals surface area contributed by atoms with E-state index in [1.807, 2.05) is 6.92 Å². The van der Waals surface area contributed by atoms with Crippen molar-refractivity contribution in [1.29, 1.82) is 0 Å². The first-order valence-corrected chi connectivity index (χ1v) is 9.63. The van der Waals surface area contributed by atoms with E-state index in [1.54, 1.807) is 19.9 Å². The van der Waals surface area contributed by atoms with Crippen LogP contribution < -0.4 is 39.1 Å². The Morgan fingerprint density at radius 3 is 2.38 bits per heavy atom. The fourth-order valence-electron chi connectivity index (χ4n) is 2.11. The summed E-state index contributed by atoms with van der Waals surface area (Å²) in [6, 6.07) is 6.01. The van der Waals surface area contributed by atoms with Crippen LogP contribution in [-0.2, 0) is 15.0 Å². The van der Waals surface area contributed by atoms with Gasteiger partial charge in [0.15, 0.2) is 11.8 Å². The van der Waals surface area contributed by atoms with E-state index >= 15 is 0 Å². The molecule has 1 aromatic carbocycles. The maximum absolute atomic E-state index is 12.1. The van der Waals surface area contributed by atoms with Gasteiger partial charge in [0.1, 0.15) is 11.5 Å². The van der Waals surface area contributed by atoms with E-state index in [2.05, 4.69) is 20.0 Å². The molecular formula is C17H19N4NaO6S. The number of rotatable bonds is 7. The molecular weight excluding hydrogens is 411 g/mol. The number of nitrogens with one attached hydrogen (secondary N) is 1. The van der Waals surface area contributed by atoms with Gasteiger partial charge in [0.05, 0.1) is 6.61 Å². The third-order valence-corrected chi connectivity index (χ3v) is 3.91. The Morgan fingerprint density at radius 2 is 1.76 bits per heavy atom. The van der Waals surface area contributed by atoms with Crippen LogP contribution in [-0.4, -0.2) is 37.0 Å². The van der Waals surface area contributed by atoms with Gasteiger partial charge in [0.25, 0.3) is 0 Å². The molecule has 0 saturated heterocycles. The first-order valence-electron chi connectivity index (χ1n) is 8.27. The summed E-state index contributed by atoms with van der Waals surface area (Å²) in [7, 11) is -4.70. The van der Waals surface area contributed by atoms with Gasteiger partial charge in [-0.15, -0.1) is 0 Å². The van der Waals surface area contributed by atoms with Crippen LogP contribution in [0.2, 0.25) is 0 Å². The van der Waals surface area contributed by atoms with Crippen LogP contribution in [0.3, 0.4) is 0 Å². The van der Waals surface area contributed by atoms with Crippen molar-refractivity contribution in [1.82, 2.24) is 9.97 Å². The van der Waals surface area contributed by atoms with E-state index in [0.717, 1.165) is 0 Å². The van der Waals surface area contributed by atoms with Crippen molar-refractivity contribution in [2.24, 2.45) is 0 Å². The summed E-state index contributed by atoms with van der Waals surface area (Å²) in [5, 5.41) is 2.15. The Labute approximate surface area is 191 Å². The van der Waals surface area contributed by atoms with Crippen LogP contribution in [0, 0.1) is 13.8 Å². The molecule has 2 amide bonds. The molecule has 0 aliphatic heterocycles. The molecule has 0 saturated carbocycles. The molecule has 2 aromatic rings. The minimum absolute atomic E-state index is 0. The number of para-hydroxylation sites is 1. The van der Waals surface area contributed by atoms with Crippen molar-refractivity contribution in [2.45, 2.75) is 27.2 Å². The molecule has 1 aromatic heterocycles. The molecule has 0 unspecified atom stereocenters. The van der Waals surface area contributed by atoms with Crippen LogP contribution in [0.1, 0.15) is 35.1 Å². The van der Waals surface area contributed by atoms with Crippen molar-refractivity contribution >= 4 is 28.3 Å². The molecule has 0 atom stereocenters. The number of hydrogen-bond acceptors (Lipinski definition) is 8. The summed E-state index contributed by atoms with van der Waals surface area (Å²) >= 11 is 0. The second kappa shape index (κ2) is 11.1. The third-order valence-electron chi connectivity index (χ3n) is 3.14. The van der Waals surface area contributed by atoms with Gasteiger partial charge in [0.2, 0.25) is 0 Å². The summed E-state index contributed by atoms with van der Waals surface area (Å²) < 4.78 is 36.9. The third kappa shape index (κ3) is 7.97. The van der Waals surface area contributed by atoms with E-state index in [4.69, 9.17) is 8.92 Å². The molecule has 2 rings (SSSR count). The fourth-order valence-corrected chi connectivity index (χ4v) is 2.77. The minimum atomic E-state index is -4.70. The Balaban J connectivity index is 0.00000420. The molecule has 0 spiro atoms. The number of hydrogen-bond donors (Lipinski definition) is 1. The molecule has 1 heterocycles. The summed E-state index contributed by atoms with van der Waals surface area (Å²) in [4.78, 5) is 31.8. The van der Waals surface area contributed by atoms with Crippen molar-refractivity contribution in [3.63, 3.8) is 0 Å². The number of benzene rings is 1. The number of carbonyl (C=O) groups excluding carboxylic acids is 2. The Bertz CT molecular complexity index is 963. The maximum atomic E-state index is 12.1. The van der Waals surface area contributed by atoms with Crippen LogP contribution >= 0.6 is 0 Å². The van der Waals surface area contributed by atoms with E-state index < -0.39 is 22.3 Å². The molecule has 29 heavy (non-hydrogen) atoms. The molecule has 150 valence electrons. The quantitative estimate of drug-likeness (QED) is 0.474. The topological polar surface area (TPSA) is 139 Å². The van der Waals surface area contributed by atoms with Gasteiger partial charge in [-0.25, -0.2) is 14.8 Å². The summed E-state index contributed by atoms with van der Waals surface area (Å²) in [6.45, 7) is 5.37. The van der Waals surface area contributed by atoms with Crippen LogP contribution in [0.15, 0.2) is 30.3 Å². The smallest absolute Gasteiger partial charge is 0.462 e. The normalized spacial score (nSPS) is 10.4. The van der Waals surface area contributed by atoms with Crippen molar-refractivity contribution < 1.29 is 56.5 Å².